The molecule has 0 atom stereocenters. The first-order valence-corrected chi connectivity index (χ1v) is 3.63. The van der Waals surface area contributed by atoms with Gasteiger partial charge >= 0.3 is 29.6 Å². The Morgan fingerprint density at radius 3 is 1.93 bits per heavy atom. The summed E-state index contributed by atoms with van der Waals surface area (Å²) in [5.74, 6) is 0.595. The third-order valence-corrected chi connectivity index (χ3v) is 1.65. The third kappa shape index (κ3) is 2.64. The van der Waals surface area contributed by atoms with Gasteiger partial charge in [-0.25, -0.2) is 0 Å². The summed E-state index contributed by atoms with van der Waals surface area (Å²) in [4.78, 5) is 10.6. The van der Waals surface area contributed by atoms with Gasteiger partial charge in [-0.3, -0.25) is 4.79 Å². The van der Waals surface area contributed by atoms with Crippen LogP contribution in [0, 0.1) is 0 Å². The molecule has 0 aliphatic rings. The summed E-state index contributed by atoms with van der Waals surface area (Å²) in [6, 6.07) is 2.71. The van der Waals surface area contributed by atoms with Crippen LogP contribution in [0.2, 0.25) is 0 Å². The van der Waals surface area contributed by atoms with E-state index in [4.69, 9.17) is 9.47 Å². The first-order chi connectivity index (χ1) is 6.22. The molecule has 0 aliphatic carbocycles. The van der Waals surface area contributed by atoms with Crippen molar-refractivity contribution in [3.8, 4) is 17.2 Å². The van der Waals surface area contributed by atoms with Gasteiger partial charge < -0.3 is 14.6 Å². The van der Waals surface area contributed by atoms with E-state index < -0.39 is 0 Å². The van der Waals surface area contributed by atoms with Crippen molar-refractivity contribution >= 4 is 6.29 Å². The number of hydrogen-bond acceptors (Lipinski definition) is 4. The summed E-state index contributed by atoms with van der Waals surface area (Å²) in [5.41, 5.74) is 0.294. The molecule has 0 aliphatic heterocycles. The molecule has 1 aromatic rings. The molecule has 0 fully saturated rings. The number of aromatic hydroxyl groups is 1. The fourth-order valence-corrected chi connectivity index (χ4v) is 1.04. The van der Waals surface area contributed by atoms with E-state index in [-0.39, 0.29) is 35.3 Å². The zero-order chi connectivity index (χ0) is 9.84. The molecule has 70 valence electrons. The van der Waals surface area contributed by atoms with Gasteiger partial charge in [0.25, 0.3) is 0 Å². The van der Waals surface area contributed by atoms with Crippen molar-refractivity contribution in [2.75, 3.05) is 14.2 Å². The van der Waals surface area contributed by atoms with Crippen LogP contribution < -0.4 is 39.0 Å². The van der Waals surface area contributed by atoms with Crippen LogP contribution in [0.5, 0.6) is 17.2 Å². The van der Waals surface area contributed by atoms with E-state index in [0.29, 0.717) is 23.3 Å². The number of phenols is 1. The average Bonchev–Trinajstić information content (AvgIpc) is 2.16. The smallest absolute Gasteiger partial charge is 0.508 e. The number of carbonyl (C=O) groups is 1. The largest absolute Gasteiger partial charge is 1.00 e. The first kappa shape index (κ1) is 13.3. The molecule has 0 radical (unpaired) electrons. The molecule has 0 saturated carbocycles. The van der Waals surface area contributed by atoms with Crippen molar-refractivity contribution in [1.29, 1.82) is 0 Å². The average molecular weight is 205 g/mol. The second-order valence-corrected chi connectivity index (χ2v) is 2.38. The Balaban J connectivity index is 0.00000169. The number of ether oxygens (including phenoxy) is 2. The number of carbonyl (C=O) groups excluding carboxylic acids is 1. The molecule has 4 nitrogen and oxygen atoms in total. The summed E-state index contributed by atoms with van der Waals surface area (Å²) in [6.45, 7) is 0. The van der Waals surface area contributed by atoms with Crippen molar-refractivity contribution < 1.29 is 48.9 Å². The quantitative estimate of drug-likeness (QED) is 0.468. The van der Waals surface area contributed by atoms with Crippen molar-refractivity contribution in [3.05, 3.63) is 17.7 Å². The number of benzene rings is 1. The minimum atomic E-state index is -0.000648. The SMILES string of the molecule is COc1cc(O)cc(OC)c1C=O.[Na+]. The number of methoxy groups -OCH3 is 2. The van der Waals surface area contributed by atoms with Crippen LogP contribution in [0.3, 0.4) is 0 Å². The maximum absolute atomic E-state index is 10.6. The third-order valence-electron chi connectivity index (χ3n) is 1.65. The van der Waals surface area contributed by atoms with Crippen LogP contribution in [0.25, 0.3) is 0 Å². The molecule has 0 heterocycles. The predicted octanol–water partition coefficient (Wildman–Crippen LogP) is -1.77. The van der Waals surface area contributed by atoms with Gasteiger partial charge in [-0.1, -0.05) is 0 Å². The monoisotopic (exact) mass is 205 g/mol. The standard InChI is InChI=1S/C9H10O4.Na/c1-12-8-3-6(11)4-9(13-2)7(8)5-10;/h3-5,11H,1-2H3;/q;+1. The van der Waals surface area contributed by atoms with Crippen molar-refractivity contribution in [2.45, 2.75) is 0 Å². The molecule has 0 aromatic heterocycles. The Hall–Kier alpha value is -0.710. The number of hydrogen-bond donors (Lipinski definition) is 1. The minimum Gasteiger partial charge on any atom is -0.508 e. The van der Waals surface area contributed by atoms with E-state index in [9.17, 15) is 9.90 Å². The number of rotatable bonds is 3. The van der Waals surface area contributed by atoms with Gasteiger partial charge in [0.05, 0.1) is 19.8 Å². The molecular weight excluding hydrogens is 195 g/mol. The summed E-state index contributed by atoms with van der Waals surface area (Å²) in [5, 5.41) is 9.20. The molecule has 0 amide bonds. The van der Waals surface area contributed by atoms with Gasteiger partial charge in [-0.15, -0.1) is 0 Å². The number of aldehydes is 1. The van der Waals surface area contributed by atoms with Crippen molar-refractivity contribution in [2.24, 2.45) is 0 Å². The second kappa shape index (κ2) is 5.90. The van der Waals surface area contributed by atoms with Gasteiger partial charge in [0.15, 0.2) is 6.29 Å². The maximum Gasteiger partial charge on any atom is 1.00 e. The van der Waals surface area contributed by atoms with Gasteiger partial charge in [-0.05, 0) is 0 Å². The van der Waals surface area contributed by atoms with E-state index in [1.807, 2.05) is 0 Å². The summed E-state index contributed by atoms with van der Waals surface area (Å²) in [7, 11) is 2.84. The van der Waals surface area contributed by atoms with E-state index in [1.54, 1.807) is 0 Å². The molecule has 5 heteroatoms. The predicted molar refractivity (Wildman–Crippen MR) is 46.6 cm³/mol. The molecule has 1 aromatic carbocycles. The zero-order valence-electron chi connectivity index (χ0n) is 8.40. The fraction of sp³-hybridized carbons (Fsp3) is 0.222. The number of phenolic OH excluding ortho intramolecular Hbond substituents is 1. The van der Waals surface area contributed by atoms with Crippen LogP contribution in [-0.4, -0.2) is 25.6 Å². The molecule has 0 spiro atoms. The zero-order valence-corrected chi connectivity index (χ0v) is 10.4. The van der Waals surface area contributed by atoms with E-state index in [2.05, 4.69) is 0 Å². The van der Waals surface area contributed by atoms with Gasteiger partial charge in [-0.2, -0.15) is 0 Å². The Bertz CT molecular complexity index is 300. The van der Waals surface area contributed by atoms with Crippen molar-refractivity contribution in [1.82, 2.24) is 0 Å². The Morgan fingerprint density at radius 2 is 1.64 bits per heavy atom. The summed E-state index contributed by atoms with van der Waals surface area (Å²) < 4.78 is 9.78. The molecule has 14 heavy (non-hydrogen) atoms. The topological polar surface area (TPSA) is 55.8 Å². The van der Waals surface area contributed by atoms with Crippen LogP contribution in [-0.2, 0) is 0 Å². The molecule has 0 unspecified atom stereocenters. The van der Waals surface area contributed by atoms with E-state index >= 15 is 0 Å². The van der Waals surface area contributed by atoms with Gasteiger partial charge in [0, 0.05) is 12.1 Å². The van der Waals surface area contributed by atoms with Crippen LogP contribution in [0.1, 0.15) is 10.4 Å². The fourth-order valence-electron chi connectivity index (χ4n) is 1.04. The van der Waals surface area contributed by atoms with E-state index in [0.717, 1.165) is 0 Å². The van der Waals surface area contributed by atoms with Crippen LogP contribution in [0.4, 0.5) is 0 Å². The molecule has 0 saturated heterocycles. The molecule has 1 N–H and O–H groups in total. The van der Waals surface area contributed by atoms with Crippen LogP contribution >= 0.6 is 0 Å². The summed E-state index contributed by atoms with van der Waals surface area (Å²) in [6.07, 6.45) is 0.622. The maximum atomic E-state index is 10.6. The van der Waals surface area contributed by atoms with Gasteiger partial charge in [0.2, 0.25) is 0 Å². The molecular formula is C9H10NaO4+. The van der Waals surface area contributed by atoms with E-state index in [1.165, 1.54) is 26.4 Å². The normalized spacial score (nSPS) is 8.71. The Kier molecular flexibility index (Phi) is 5.60. The second-order valence-electron chi connectivity index (χ2n) is 2.38. The first-order valence-electron chi connectivity index (χ1n) is 3.63. The summed E-state index contributed by atoms with van der Waals surface area (Å²) >= 11 is 0. The van der Waals surface area contributed by atoms with Gasteiger partial charge in [0.1, 0.15) is 17.2 Å². The Morgan fingerprint density at radius 1 is 1.21 bits per heavy atom. The molecule has 1 rings (SSSR count). The Labute approximate surface area is 104 Å². The minimum absolute atomic E-state index is 0. The van der Waals surface area contributed by atoms with Crippen molar-refractivity contribution in [3.63, 3.8) is 0 Å². The van der Waals surface area contributed by atoms with Crippen LogP contribution in [0.15, 0.2) is 12.1 Å². The molecule has 0 bridgehead atoms.